The first-order chi connectivity index (χ1) is 11.8. The summed E-state index contributed by atoms with van der Waals surface area (Å²) in [6.07, 6.45) is 7.08. The molecule has 0 spiro atoms. The van der Waals surface area contributed by atoms with Gasteiger partial charge in [-0.1, -0.05) is 0 Å². The molecule has 1 fully saturated rings. The van der Waals surface area contributed by atoms with Gasteiger partial charge in [-0.2, -0.15) is 0 Å². The Bertz CT molecular complexity index is 842. The number of thiophene rings is 1. The molecule has 2 heterocycles. The zero-order valence-electron chi connectivity index (χ0n) is 12.8. The summed E-state index contributed by atoms with van der Waals surface area (Å²) in [6.45, 7) is 0. The van der Waals surface area contributed by atoms with Crippen molar-refractivity contribution in [3.8, 4) is 11.6 Å². The Balaban J connectivity index is 1.43. The zero-order chi connectivity index (χ0) is 16.4. The van der Waals surface area contributed by atoms with Crippen LogP contribution in [0, 0.1) is 0 Å². The third kappa shape index (κ3) is 3.28. The van der Waals surface area contributed by atoms with Crippen LogP contribution >= 0.6 is 11.3 Å². The lowest BCUT2D eigenvalue weighted by atomic mass is 10.1. The highest BCUT2D eigenvalue weighted by Crippen LogP contribution is 2.43. The van der Waals surface area contributed by atoms with E-state index in [-0.39, 0.29) is 5.91 Å². The molecular formula is C18H15N3O2S. The van der Waals surface area contributed by atoms with Crippen LogP contribution in [0.4, 0.5) is 5.69 Å². The normalized spacial score (nSPS) is 13.5. The monoisotopic (exact) mass is 337 g/mol. The van der Waals surface area contributed by atoms with E-state index in [4.69, 9.17) is 4.74 Å². The van der Waals surface area contributed by atoms with Crippen molar-refractivity contribution in [3.63, 3.8) is 0 Å². The number of benzene rings is 1. The lowest BCUT2D eigenvalue weighted by Gasteiger charge is -2.07. The van der Waals surface area contributed by atoms with Crippen molar-refractivity contribution >= 4 is 22.9 Å². The Morgan fingerprint density at radius 3 is 2.71 bits per heavy atom. The molecule has 4 rings (SSSR count). The number of ether oxygens (including phenoxy) is 1. The molecule has 1 N–H and O–H groups in total. The molecule has 5 nitrogen and oxygen atoms in total. The molecule has 1 aliphatic rings. The summed E-state index contributed by atoms with van der Waals surface area (Å²) in [7, 11) is 0. The highest BCUT2D eigenvalue weighted by molar-refractivity contribution is 7.12. The van der Waals surface area contributed by atoms with E-state index in [9.17, 15) is 4.79 Å². The van der Waals surface area contributed by atoms with Crippen LogP contribution < -0.4 is 10.1 Å². The van der Waals surface area contributed by atoms with Crippen LogP contribution in [0.15, 0.2) is 54.3 Å². The van der Waals surface area contributed by atoms with Gasteiger partial charge in [-0.25, -0.2) is 4.98 Å². The summed E-state index contributed by atoms with van der Waals surface area (Å²) in [5.74, 6) is 1.60. The summed E-state index contributed by atoms with van der Waals surface area (Å²) in [5.41, 5.74) is 1.92. The molecule has 0 unspecified atom stereocenters. The minimum atomic E-state index is -0.0468. The van der Waals surface area contributed by atoms with Crippen LogP contribution in [0.25, 0.3) is 0 Å². The van der Waals surface area contributed by atoms with Gasteiger partial charge in [0.2, 0.25) is 5.88 Å². The van der Waals surface area contributed by atoms with Crippen molar-refractivity contribution in [3.05, 3.63) is 64.7 Å². The smallest absolute Gasteiger partial charge is 0.266 e. The minimum absolute atomic E-state index is 0.0468. The maximum atomic E-state index is 12.5. The van der Waals surface area contributed by atoms with Gasteiger partial charge in [-0.3, -0.25) is 9.78 Å². The van der Waals surface area contributed by atoms with E-state index in [2.05, 4.69) is 21.4 Å². The number of hydrogen-bond acceptors (Lipinski definition) is 5. The van der Waals surface area contributed by atoms with Crippen molar-refractivity contribution < 1.29 is 9.53 Å². The number of carbonyl (C=O) groups excluding carboxylic acids is 1. The maximum absolute atomic E-state index is 12.5. The number of anilines is 1. The topological polar surface area (TPSA) is 64.1 Å². The van der Waals surface area contributed by atoms with E-state index in [1.165, 1.54) is 29.7 Å². The van der Waals surface area contributed by atoms with E-state index in [1.54, 1.807) is 30.7 Å². The molecule has 0 aliphatic heterocycles. The molecule has 0 radical (unpaired) electrons. The van der Waals surface area contributed by atoms with E-state index in [1.807, 2.05) is 17.5 Å². The standard InChI is InChI=1S/C18H15N3O2S/c22-18(17-15(7-10-24-17)12-1-2-12)21-13-3-5-14(6-4-13)23-16-11-19-8-9-20-16/h3-12H,1-2H2,(H,21,22). The lowest BCUT2D eigenvalue weighted by Crippen LogP contribution is -2.11. The summed E-state index contributed by atoms with van der Waals surface area (Å²) >= 11 is 1.50. The van der Waals surface area contributed by atoms with Gasteiger partial charge in [-0.05, 0) is 60.0 Å². The molecule has 1 aromatic carbocycles. The molecule has 6 heteroatoms. The quantitative estimate of drug-likeness (QED) is 0.746. The second kappa shape index (κ2) is 6.41. The molecular weight excluding hydrogens is 322 g/mol. The van der Waals surface area contributed by atoms with Crippen LogP contribution in [0.2, 0.25) is 0 Å². The van der Waals surface area contributed by atoms with Gasteiger partial charge >= 0.3 is 0 Å². The Morgan fingerprint density at radius 1 is 1.17 bits per heavy atom. The number of rotatable bonds is 5. The zero-order valence-corrected chi connectivity index (χ0v) is 13.6. The molecule has 0 bridgehead atoms. The average molecular weight is 337 g/mol. The summed E-state index contributed by atoms with van der Waals surface area (Å²) in [6, 6.07) is 9.28. The van der Waals surface area contributed by atoms with Gasteiger partial charge in [0.05, 0.1) is 11.1 Å². The van der Waals surface area contributed by atoms with E-state index < -0.39 is 0 Å². The SMILES string of the molecule is O=C(Nc1ccc(Oc2cnccn2)cc1)c1sccc1C1CC1. The average Bonchev–Trinajstić information content (AvgIpc) is 3.34. The molecule has 0 saturated heterocycles. The Hall–Kier alpha value is -2.73. The van der Waals surface area contributed by atoms with Crippen LogP contribution in [0.5, 0.6) is 11.6 Å². The lowest BCUT2D eigenvalue weighted by molar-refractivity contribution is 0.102. The second-order valence-corrected chi connectivity index (χ2v) is 6.52. The molecule has 2 aromatic heterocycles. The second-order valence-electron chi connectivity index (χ2n) is 5.60. The van der Waals surface area contributed by atoms with Gasteiger partial charge in [0.25, 0.3) is 5.91 Å². The fourth-order valence-electron chi connectivity index (χ4n) is 2.47. The van der Waals surface area contributed by atoms with Crippen molar-refractivity contribution in [2.24, 2.45) is 0 Å². The summed E-state index contributed by atoms with van der Waals surface area (Å²) in [4.78, 5) is 21.3. The fourth-order valence-corrected chi connectivity index (χ4v) is 3.35. The summed E-state index contributed by atoms with van der Waals surface area (Å²) < 4.78 is 5.59. The number of nitrogens with one attached hydrogen (secondary N) is 1. The molecule has 1 saturated carbocycles. The van der Waals surface area contributed by atoms with Crippen molar-refractivity contribution in [2.45, 2.75) is 18.8 Å². The first kappa shape index (κ1) is 14.8. The predicted octanol–water partition coefficient (Wildman–Crippen LogP) is 4.46. The van der Waals surface area contributed by atoms with Crippen LogP contribution in [0.3, 0.4) is 0 Å². The first-order valence-corrected chi connectivity index (χ1v) is 8.60. The van der Waals surface area contributed by atoms with Gasteiger partial charge in [0, 0.05) is 18.1 Å². The minimum Gasteiger partial charge on any atom is -0.438 e. The largest absolute Gasteiger partial charge is 0.438 e. The summed E-state index contributed by atoms with van der Waals surface area (Å²) in [5, 5.41) is 4.93. The van der Waals surface area contributed by atoms with E-state index >= 15 is 0 Å². The fraction of sp³-hybridized carbons (Fsp3) is 0.167. The van der Waals surface area contributed by atoms with Gasteiger partial charge in [0.15, 0.2) is 0 Å². The Kier molecular flexibility index (Phi) is 3.96. The van der Waals surface area contributed by atoms with Gasteiger partial charge < -0.3 is 10.1 Å². The van der Waals surface area contributed by atoms with Crippen LogP contribution in [-0.4, -0.2) is 15.9 Å². The number of nitrogens with zero attached hydrogens (tertiary/aromatic N) is 2. The Labute approximate surface area is 143 Å². The van der Waals surface area contributed by atoms with Gasteiger partial charge in [-0.15, -0.1) is 11.3 Å². The van der Waals surface area contributed by atoms with Crippen molar-refractivity contribution in [1.82, 2.24) is 9.97 Å². The molecule has 0 atom stereocenters. The number of aromatic nitrogens is 2. The highest BCUT2D eigenvalue weighted by atomic mass is 32.1. The highest BCUT2D eigenvalue weighted by Gasteiger charge is 2.28. The predicted molar refractivity (Wildman–Crippen MR) is 92.8 cm³/mol. The molecule has 1 aliphatic carbocycles. The van der Waals surface area contributed by atoms with Gasteiger partial charge in [0.1, 0.15) is 5.75 Å². The van der Waals surface area contributed by atoms with Crippen molar-refractivity contribution in [1.29, 1.82) is 0 Å². The molecule has 3 aromatic rings. The van der Waals surface area contributed by atoms with Crippen LogP contribution in [-0.2, 0) is 0 Å². The number of carbonyl (C=O) groups is 1. The van der Waals surface area contributed by atoms with E-state index in [0.29, 0.717) is 17.5 Å². The number of hydrogen-bond donors (Lipinski definition) is 1. The maximum Gasteiger partial charge on any atom is 0.266 e. The van der Waals surface area contributed by atoms with Crippen LogP contribution in [0.1, 0.15) is 34.0 Å². The Morgan fingerprint density at radius 2 is 2.00 bits per heavy atom. The van der Waals surface area contributed by atoms with Crippen molar-refractivity contribution in [2.75, 3.05) is 5.32 Å². The molecule has 1 amide bonds. The van der Waals surface area contributed by atoms with E-state index in [0.717, 1.165) is 10.6 Å². The third-order valence-electron chi connectivity index (χ3n) is 3.79. The number of amides is 1. The first-order valence-electron chi connectivity index (χ1n) is 7.72. The molecule has 120 valence electrons. The molecule has 24 heavy (non-hydrogen) atoms. The third-order valence-corrected chi connectivity index (χ3v) is 4.72.